The van der Waals surface area contributed by atoms with E-state index in [2.05, 4.69) is 21.9 Å². The average molecular weight is 426 g/mol. The molecule has 164 valence electrons. The molecule has 1 atom stereocenters. The van der Waals surface area contributed by atoms with Gasteiger partial charge >= 0.3 is 0 Å². The lowest BCUT2D eigenvalue weighted by molar-refractivity contribution is 0.0405. The normalized spacial score (nSPS) is 22.0. The molecule has 0 unspecified atom stereocenters. The van der Waals surface area contributed by atoms with E-state index in [1.54, 1.807) is 18.2 Å². The monoisotopic (exact) mass is 425 g/mol. The number of hydrogen-bond acceptors (Lipinski definition) is 5. The second-order valence-electron chi connectivity index (χ2n) is 8.53. The van der Waals surface area contributed by atoms with Crippen LogP contribution in [0.15, 0.2) is 42.5 Å². The average Bonchev–Trinajstić information content (AvgIpc) is 3.27. The van der Waals surface area contributed by atoms with E-state index in [0.29, 0.717) is 25.9 Å². The van der Waals surface area contributed by atoms with E-state index in [1.165, 1.54) is 11.6 Å². The van der Waals surface area contributed by atoms with E-state index in [-0.39, 0.29) is 11.5 Å². The molecule has 31 heavy (non-hydrogen) atoms. The summed E-state index contributed by atoms with van der Waals surface area (Å²) in [6.45, 7) is 6.53. The highest BCUT2D eigenvalue weighted by atomic mass is 19.1. The van der Waals surface area contributed by atoms with Crippen molar-refractivity contribution in [3.63, 3.8) is 0 Å². The van der Waals surface area contributed by atoms with Crippen LogP contribution < -0.4 is 9.47 Å². The molecule has 7 heteroatoms. The van der Waals surface area contributed by atoms with Crippen LogP contribution in [0.3, 0.4) is 0 Å². The molecule has 0 radical (unpaired) electrons. The molecule has 0 aliphatic carbocycles. The zero-order valence-electron chi connectivity index (χ0n) is 17.6. The van der Waals surface area contributed by atoms with Crippen LogP contribution in [0.5, 0.6) is 11.5 Å². The van der Waals surface area contributed by atoms with E-state index in [9.17, 15) is 9.18 Å². The molecule has 0 bridgehead atoms. The van der Waals surface area contributed by atoms with Crippen molar-refractivity contribution in [2.75, 3.05) is 46.1 Å². The molecule has 3 heterocycles. The van der Waals surface area contributed by atoms with Gasteiger partial charge in [-0.1, -0.05) is 18.2 Å². The Morgan fingerprint density at radius 3 is 2.65 bits per heavy atom. The van der Waals surface area contributed by atoms with Gasteiger partial charge in [0.25, 0.3) is 5.91 Å². The lowest BCUT2D eigenvalue weighted by atomic mass is 10.0. The summed E-state index contributed by atoms with van der Waals surface area (Å²) in [7, 11) is 0. The van der Waals surface area contributed by atoms with Crippen molar-refractivity contribution in [3.05, 3.63) is 59.4 Å². The molecule has 0 aromatic heterocycles. The molecule has 2 saturated heterocycles. The van der Waals surface area contributed by atoms with E-state index in [4.69, 9.17) is 9.47 Å². The summed E-state index contributed by atoms with van der Waals surface area (Å²) < 4.78 is 24.9. The van der Waals surface area contributed by atoms with E-state index < -0.39 is 5.82 Å². The summed E-state index contributed by atoms with van der Waals surface area (Å²) in [4.78, 5) is 19.6. The summed E-state index contributed by atoms with van der Waals surface area (Å²) in [6, 6.07) is 12.8. The molecular weight excluding hydrogens is 397 g/mol. The van der Waals surface area contributed by atoms with Crippen LogP contribution in [0.25, 0.3) is 0 Å². The maximum Gasteiger partial charge on any atom is 0.256 e. The minimum Gasteiger partial charge on any atom is -0.454 e. The molecule has 2 fully saturated rings. The number of ether oxygens (including phenoxy) is 2. The summed E-state index contributed by atoms with van der Waals surface area (Å²) >= 11 is 0. The molecule has 0 spiro atoms. The summed E-state index contributed by atoms with van der Waals surface area (Å²) in [5, 5.41) is 0. The van der Waals surface area contributed by atoms with Gasteiger partial charge < -0.3 is 14.4 Å². The van der Waals surface area contributed by atoms with Gasteiger partial charge in [0, 0.05) is 51.9 Å². The maximum atomic E-state index is 14.1. The van der Waals surface area contributed by atoms with Gasteiger partial charge in [-0.3, -0.25) is 14.6 Å². The Morgan fingerprint density at radius 2 is 1.81 bits per heavy atom. The van der Waals surface area contributed by atoms with Gasteiger partial charge in [0.1, 0.15) is 5.82 Å². The fourth-order valence-electron chi connectivity index (χ4n) is 4.83. The first kappa shape index (κ1) is 20.3. The topological polar surface area (TPSA) is 45.3 Å². The highest BCUT2D eigenvalue weighted by Gasteiger charge is 2.31. The largest absolute Gasteiger partial charge is 0.454 e. The first-order chi connectivity index (χ1) is 15.2. The van der Waals surface area contributed by atoms with Crippen LogP contribution in [0.2, 0.25) is 0 Å². The molecule has 3 aliphatic heterocycles. The number of halogens is 1. The SMILES string of the molecule is O=C(c1ccccc1F)N1CCC[C@@H](N2CCN(Cc3ccc4c(c3)OCO4)CC2)C1. The zero-order chi connectivity index (χ0) is 21.2. The number of carbonyl (C=O) groups excluding carboxylic acids is 1. The smallest absolute Gasteiger partial charge is 0.256 e. The Morgan fingerprint density at radius 1 is 1.00 bits per heavy atom. The number of fused-ring (bicyclic) bond motifs is 1. The molecule has 1 amide bonds. The Kier molecular flexibility index (Phi) is 5.78. The predicted molar refractivity (Wildman–Crippen MR) is 115 cm³/mol. The Balaban J connectivity index is 1.15. The molecule has 5 rings (SSSR count). The molecular formula is C24H28FN3O3. The molecule has 2 aromatic rings. The highest BCUT2D eigenvalue weighted by molar-refractivity contribution is 5.94. The molecule has 3 aliphatic rings. The maximum absolute atomic E-state index is 14.1. The minimum absolute atomic E-state index is 0.177. The van der Waals surface area contributed by atoms with Crippen molar-refractivity contribution >= 4 is 5.91 Å². The van der Waals surface area contributed by atoms with Crippen LogP contribution in [0, 0.1) is 5.82 Å². The number of benzene rings is 2. The van der Waals surface area contributed by atoms with E-state index in [1.807, 2.05) is 11.0 Å². The first-order valence-electron chi connectivity index (χ1n) is 11.1. The minimum atomic E-state index is -0.438. The molecule has 0 saturated carbocycles. The lowest BCUT2D eigenvalue weighted by Crippen LogP contribution is -2.55. The van der Waals surface area contributed by atoms with Crippen molar-refractivity contribution in [2.45, 2.75) is 25.4 Å². The second kappa shape index (κ2) is 8.85. The fraction of sp³-hybridized carbons (Fsp3) is 0.458. The predicted octanol–water partition coefficient (Wildman–Crippen LogP) is 2.98. The number of nitrogens with zero attached hydrogens (tertiary/aromatic N) is 3. The number of hydrogen-bond donors (Lipinski definition) is 0. The molecule has 6 nitrogen and oxygen atoms in total. The fourth-order valence-corrected chi connectivity index (χ4v) is 4.83. The van der Waals surface area contributed by atoms with Crippen molar-refractivity contribution in [1.82, 2.24) is 14.7 Å². The summed E-state index contributed by atoms with van der Waals surface area (Å²) in [6.07, 6.45) is 2.05. The van der Waals surface area contributed by atoms with Gasteiger partial charge in [0.05, 0.1) is 5.56 Å². The Bertz CT molecular complexity index is 945. The molecule has 2 aromatic carbocycles. The van der Waals surface area contributed by atoms with Gasteiger partial charge in [0.2, 0.25) is 6.79 Å². The van der Waals surface area contributed by atoms with Crippen molar-refractivity contribution in [2.24, 2.45) is 0 Å². The van der Waals surface area contributed by atoms with Crippen LogP contribution >= 0.6 is 0 Å². The number of rotatable bonds is 4. The van der Waals surface area contributed by atoms with Gasteiger partial charge in [-0.2, -0.15) is 0 Å². The standard InChI is InChI=1S/C24H28FN3O3/c25-21-6-2-1-5-20(21)24(29)28-9-3-4-19(16-28)27-12-10-26(11-13-27)15-18-7-8-22-23(14-18)31-17-30-22/h1-2,5-8,14,19H,3-4,9-13,15-17H2/t19-/m1/s1. The van der Waals surface area contributed by atoms with Crippen LogP contribution in [-0.4, -0.2) is 72.7 Å². The third kappa shape index (κ3) is 4.38. The summed E-state index contributed by atoms with van der Waals surface area (Å²) in [5.41, 5.74) is 1.41. The number of carbonyl (C=O) groups is 1. The van der Waals surface area contributed by atoms with Crippen molar-refractivity contribution < 1.29 is 18.7 Å². The number of piperazine rings is 1. The lowest BCUT2D eigenvalue weighted by Gasteiger charge is -2.43. The highest BCUT2D eigenvalue weighted by Crippen LogP contribution is 2.33. The third-order valence-electron chi connectivity index (χ3n) is 6.55. The quantitative estimate of drug-likeness (QED) is 0.754. The first-order valence-corrected chi connectivity index (χ1v) is 11.1. The van der Waals surface area contributed by atoms with Crippen LogP contribution in [-0.2, 0) is 6.54 Å². The van der Waals surface area contributed by atoms with Crippen LogP contribution in [0.1, 0.15) is 28.8 Å². The number of amides is 1. The number of piperidine rings is 1. The molecule has 0 N–H and O–H groups in total. The van der Waals surface area contributed by atoms with Gasteiger partial charge in [0.15, 0.2) is 11.5 Å². The van der Waals surface area contributed by atoms with Gasteiger partial charge in [-0.15, -0.1) is 0 Å². The second-order valence-corrected chi connectivity index (χ2v) is 8.53. The van der Waals surface area contributed by atoms with Crippen molar-refractivity contribution in [1.29, 1.82) is 0 Å². The van der Waals surface area contributed by atoms with E-state index in [0.717, 1.165) is 57.1 Å². The van der Waals surface area contributed by atoms with E-state index >= 15 is 0 Å². The van der Waals surface area contributed by atoms with Crippen molar-refractivity contribution in [3.8, 4) is 11.5 Å². The summed E-state index contributed by atoms with van der Waals surface area (Å²) in [5.74, 6) is 1.02. The number of likely N-dealkylation sites (tertiary alicyclic amines) is 1. The Labute approximate surface area is 182 Å². The Hall–Kier alpha value is -2.64. The van der Waals surface area contributed by atoms with Gasteiger partial charge in [-0.25, -0.2) is 4.39 Å². The zero-order valence-corrected chi connectivity index (χ0v) is 17.6. The van der Waals surface area contributed by atoms with Crippen LogP contribution in [0.4, 0.5) is 4.39 Å². The third-order valence-corrected chi connectivity index (χ3v) is 6.55. The van der Waals surface area contributed by atoms with Gasteiger partial charge in [-0.05, 0) is 42.7 Å².